The van der Waals surface area contributed by atoms with Crippen LogP contribution in [0, 0.1) is 18.7 Å². The second kappa shape index (κ2) is 8.76. The number of halogens is 1. The van der Waals surface area contributed by atoms with Gasteiger partial charge in [-0.25, -0.2) is 12.8 Å². The quantitative estimate of drug-likeness (QED) is 0.573. The van der Waals surface area contributed by atoms with Crippen LogP contribution in [0.25, 0.3) is 11.4 Å². The van der Waals surface area contributed by atoms with Crippen LogP contribution >= 0.6 is 0 Å². The van der Waals surface area contributed by atoms with E-state index in [4.69, 9.17) is 9.26 Å². The topological polar surface area (TPSA) is 85.5 Å². The number of nitrogens with zero attached hydrogens (tertiary/aromatic N) is 3. The lowest BCUT2D eigenvalue weighted by Crippen LogP contribution is -2.40. The molecule has 1 saturated heterocycles. The van der Waals surface area contributed by atoms with E-state index in [0.29, 0.717) is 37.6 Å². The standard InChI is InChI=1S/C22H24FN3O4S/c1-15-6-3-4-8-18(15)22-24-21(30-25-22)12-16-7-5-11-26(14-16)31(27,28)17-9-10-20(29-2)19(23)13-17/h3-4,6,8-10,13,16H,5,7,11-12,14H2,1-2H3/t16-/m1/s1. The summed E-state index contributed by atoms with van der Waals surface area (Å²) in [5.74, 6) is 0.361. The molecule has 31 heavy (non-hydrogen) atoms. The molecule has 0 aliphatic carbocycles. The van der Waals surface area contributed by atoms with Gasteiger partial charge >= 0.3 is 0 Å². The Hall–Kier alpha value is -2.78. The first kappa shape index (κ1) is 21.5. The average Bonchev–Trinajstić information content (AvgIpc) is 3.22. The summed E-state index contributed by atoms with van der Waals surface area (Å²) in [6.45, 7) is 2.69. The van der Waals surface area contributed by atoms with E-state index in [9.17, 15) is 12.8 Å². The van der Waals surface area contributed by atoms with Crippen LogP contribution in [-0.2, 0) is 16.4 Å². The molecule has 0 saturated carbocycles. The Morgan fingerprint density at radius 3 is 2.81 bits per heavy atom. The molecule has 2 aromatic carbocycles. The van der Waals surface area contributed by atoms with Gasteiger partial charge in [-0.1, -0.05) is 29.4 Å². The number of rotatable bonds is 6. The third-order valence-corrected chi connectivity index (χ3v) is 7.42. The molecule has 164 valence electrons. The molecule has 1 aliphatic rings. The fourth-order valence-corrected chi connectivity index (χ4v) is 5.45. The van der Waals surface area contributed by atoms with Crippen LogP contribution in [0.1, 0.15) is 24.3 Å². The zero-order chi connectivity index (χ0) is 22.0. The van der Waals surface area contributed by atoms with Crippen molar-refractivity contribution < 1.29 is 22.1 Å². The third-order valence-electron chi connectivity index (χ3n) is 5.56. The number of methoxy groups -OCH3 is 1. The van der Waals surface area contributed by atoms with E-state index >= 15 is 0 Å². The second-order valence-electron chi connectivity index (χ2n) is 7.70. The normalized spacial score (nSPS) is 17.6. The summed E-state index contributed by atoms with van der Waals surface area (Å²) in [4.78, 5) is 4.42. The Morgan fingerprint density at radius 2 is 2.06 bits per heavy atom. The summed E-state index contributed by atoms with van der Waals surface area (Å²) >= 11 is 0. The van der Waals surface area contributed by atoms with Gasteiger partial charge in [0.2, 0.25) is 21.7 Å². The van der Waals surface area contributed by atoms with Crippen molar-refractivity contribution in [3.05, 3.63) is 59.7 Å². The lowest BCUT2D eigenvalue weighted by Gasteiger charge is -2.31. The van der Waals surface area contributed by atoms with Crippen molar-refractivity contribution in [3.63, 3.8) is 0 Å². The molecule has 0 bridgehead atoms. The zero-order valence-corrected chi connectivity index (χ0v) is 18.2. The van der Waals surface area contributed by atoms with Gasteiger partial charge in [0.25, 0.3) is 0 Å². The lowest BCUT2D eigenvalue weighted by molar-refractivity contribution is 0.247. The van der Waals surface area contributed by atoms with E-state index in [1.54, 1.807) is 0 Å². The molecule has 1 aliphatic heterocycles. The number of hydrogen-bond donors (Lipinski definition) is 0. The van der Waals surface area contributed by atoms with Crippen molar-refractivity contribution in [1.29, 1.82) is 0 Å². The van der Waals surface area contributed by atoms with E-state index < -0.39 is 15.8 Å². The molecule has 3 aromatic rings. The Labute approximate surface area is 180 Å². The summed E-state index contributed by atoms with van der Waals surface area (Å²) in [5.41, 5.74) is 1.96. The van der Waals surface area contributed by atoms with Crippen LogP contribution in [0.15, 0.2) is 51.9 Å². The molecular formula is C22H24FN3O4S. The molecule has 0 unspecified atom stereocenters. The predicted molar refractivity (Wildman–Crippen MR) is 113 cm³/mol. The van der Waals surface area contributed by atoms with Crippen molar-refractivity contribution in [1.82, 2.24) is 14.4 Å². The number of sulfonamides is 1. The van der Waals surface area contributed by atoms with Crippen LogP contribution in [0.5, 0.6) is 5.75 Å². The van der Waals surface area contributed by atoms with Crippen molar-refractivity contribution in [2.45, 2.75) is 31.1 Å². The minimum absolute atomic E-state index is 0.0105. The first-order valence-electron chi connectivity index (χ1n) is 10.1. The molecule has 9 heteroatoms. The Balaban J connectivity index is 1.48. The molecule has 1 fully saturated rings. The molecule has 0 spiro atoms. The first-order valence-corrected chi connectivity index (χ1v) is 11.5. The minimum atomic E-state index is -3.81. The number of benzene rings is 2. The highest BCUT2D eigenvalue weighted by molar-refractivity contribution is 7.89. The number of piperidine rings is 1. The molecule has 0 radical (unpaired) electrons. The molecule has 2 heterocycles. The number of aromatic nitrogens is 2. The fourth-order valence-electron chi connectivity index (χ4n) is 3.89. The van der Waals surface area contributed by atoms with Crippen LogP contribution in [0.4, 0.5) is 4.39 Å². The van der Waals surface area contributed by atoms with Crippen LogP contribution in [0.2, 0.25) is 0 Å². The maximum absolute atomic E-state index is 14.0. The summed E-state index contributed by atoms with van der Waals surface area (Å²) < 4.78 is 51.8. The van der Waals surface area contributed by atoms with Gasteiger partial charge in [-0.15, -0.1) is 0 Å². The molecule has 0 amide bonds. The van der Waals surface area contributed by atoms with Crippen LogP contribution < -0.4 is 4.74 Å². The number of ether oxygens (including phenoxy) is 1. The monoisotopic (exact) mass is 445 g/mol. The summed E-state index contributed by atoms with van der Waals surface area (Å²) in [7, 11) is -2.47. The van der Waals surface area contributed by atoms with Crippen molar-refractivity contribution >= 4 is 10.0 Å². The van der Waals surface area contributed by atoms with Gasteiger partial charge < -0.3 is 9.26 Å². The predicted octanol–water partition coefficient (Wildman–Crippen LogP) is 3.84. The summed E-state index contributed by atoms with van der Waals surface area (Å²) in [6.07, 6.45) is 2.05. The Kier molecular flexibility index (Phi) is 6.06. The number of aryl methyl sites for hydroxylation is 1. The molecular weight excluding hydrogens is 421 g/mol. The van der Waals surface area contributed by atoms with Crippen LogP contribution in [0.3, 0.4) is 0 Å². The van der Waals surface area contributed by atoms with Gasteiger partial charge in [-0.3, -0.25) is 0 Å². The molecule has 7 nitrogen and oxygen atoms in total. The molecule has 0 N–H and O–H groups in total. The van der Waals surface area contributed by atoms with E-state index in [1.807, 2.05) is 31.2 Å². The highest BCUT2D eigenvalue weighted by Gasteiger charge is 2.31. The zero-order valence-electron chi connectivity index (χ0n) is 17.4. The van der Waals surface area contributed by atoms with E-state index in [0.717, 1.165) is 23.6 Å². The minimum Gasteiger partial charge on any atom is -0.494 e. The smallest absolute Gasteiger partial charge is 0.243 e. The lowest BCUT2D eigenvalue weighted by atomic mass is 9.96. The molecule has 1 aromatic heterocycles. The van der Waals surface area contributed by atoms with Gasteiger partial charge in [0, 0.05) is 25.1 Å². The highest BCUT2D eigenvalue weighted by atomic mass is 32.2. The van der Waals surface area contributed by atoms with Gasteiger partial charge in [0.15, 0.2) is 11.6 Å². The van der Waals surface area contributed by atoms with Gasteiger partial charge in [-0.05, 0) is 49.4 Å². The van der Waals surface area contributed by atoms with E-state index in [2.05, 4.69) is 10.1 Å². The maximum Gasteiger partial charge on any atom is 0.243 e. The van der Waals surface area contributed by atoms with Gasteiger partial charge in [0.05, 0.1) is 12.0 Å². The van der Waals surface area contributed by atoms with Crippen molar-refractivity contribution in [2.75, 3.05) is 20.2 Å². The fraction of sp³-hybridized carbons (Fsp3) is 0.364. The van der Waals surface area contributed by atoms with E-state index in [-0.39, 0.29) is 16.6 Å². The van der Waals surface area contributed by atoms with Crippen molar-refractivity contribution in [3.8, 4) is 17.1 Å². The number of hydrogen-bond acceptors (Lipinski definition) is 6. The highest BCUT2D eigenvalue weighted by Crippen LogP contribution is 2.28. The van der Waals surface area contributed by atoms with Gasteiger partial charge in [0.1, 0.15) is 0 Å². The summed E-state index contributed by atoms with van der Waals surface area (Å²) in [5, 5.41) is 4.08. The van der Waals surface area contributed by atoms with E-state index in [1.165, 1.54) is 23.5 Å². The summed E-state index contributed by atoms with van der Waals surface area (Å²) in [6, 6.07) is 11.5. The van der Waals surface area contributed by atoms with Crippen molar-refractivity contribution in [2.24, 2.45) is 5.92 Å². The Bertz CT molecular complexity index is 1180. The second-order valence-corrected chi connectivity index (χ2v) is 9.64. The average molecular weight is 446 g/mol. The largest absolute Gasteiger partial charge is 0.494 e. The van der Waals surface area contributed by atoms with Crippen LogP contribution in [-0.4, -0.2) is 43.1 Å². The maximum atomic E-state index is 14.0. The van der Waals surface area contributed by atoms with Gasteiger partial charge in [-0.2, -0.15) is 9.29 Å². The molecule has 1 atom stereocenters. The first-order chi connectivity index (χ1) is 14.9. The Morgan fingerprint density at radius 1 is 1.26 bits per heavy atom. The third kappa shape index (κ3) is 4.47. The SMILES string of the molecule is COc1ccc(S(=O)(=O)N2CCC[C@H](Cc3nc(-c4ccccc4C)no3)C2)cc1F. The molecule has 4 rings (SSSR count).